The SMILES string of the molecule is Cc1ccc(C(=O)N2CCC(C(N)=O)CC2)cc1-n1nnc2cccnc21. The Bertz CT molecular complexity index is 1020. The molecule has 0 bridgehead atoms. The van der Waals surface area contributed by atoms with Crippen LogP contribution in [0.25, 0.3) is 16.9 Å². The summed E-state index contributed by atoms with van der Waals surface area (Å²) in [5.41, 5.74) is 9.03. The largest absolute Gasteiger partial charge is 0.369 e. The maximum atomic E-state index is 12.9. The van der Waals surface area contributed by atoms with Crippen LogP contribution in [0.2, 0.25) is 0 Å². The van der Waals surface area contributed by atoms with E-state index in [-0.39, 0.29) is 17.7 Å². The zero-order chi connectivity index (χ0) is 19.0. The topological polar surface area (TPSA) is 107 Å². The Morgan fingerprint density at radius 2 is 1.96 bits per heavy atom. The summed E-state index contributed by atoms with van der Waals surface area (Å²) in [7, 11) is 0. The molecule has 1 aliphatic heterocycles. The minimum atomic E-state index is -0.287. The lowest BCUT2D eigenvalue weighted by Crippen LogP contribution is -2.41. The highest BCUT2D eigenvalue weighted by Crippen LogP contribution is 2.22. The van der Waals surface area contributed by atoms with Crippen LogP contribution in [-0.2, 0) is 4.79 Å². The average Bonchev–Trinajstić information content (AvgIpc) is 3.12. The smallest absolute Gasteiger partial charge is 0.253 e. The van der Waals surface area contributed by atoms with Gasteiger partial charge in [0.05, 0.1) is 5.69 Å². The zero-order valence-corrected chi connectivity index (χ0v) is 15.0. The molecule has 4 rings (SSSR count). The molecule has 1 aromatic carbocycles. The fraction of sp³-hybridized carbons (Fsp3) is 0.316. The van der Waals surface area contributed by atoms with Crippen molar-refractivity contribution >= 4 is 23.0 Å². The number of carbonyl (C=O) groups excluding carboxylic acids is 2. The first-order valence-corrected chi connectivity index (χ1v) is 8.90. The summed E-state index contributed by atoms with van der Waals surface area (Å²) in [5.74, 6) is -0.489. The molecule has 27 heavy (non-hydrogen) atoms. The molecule has 0 saturated carbocycles. The second-order valence-corrected chi connectivity index (χ2v) is 6.82. The van der Waals surface area contributed by atoms with Crippen LogP contribution in [0.4, 0.5) is 0 Å². The molecule has 3 aromatic rings. The first kappa shape index (κ1) is 17.1. The van der Waals surface area contributed by atoms with E-state index < -0.39 is 0 Å². The lowest BCUT2D eigenvalue weighted by molar-refractivity contribution is -0.123. The van der Waals surface area contributed by atoms with E-state index >= 15 is 0 Å². The molecule has 1 aliphatic rings. The van der Waals surface area contributed by atoms with Crippen molar-refractivity contribution in [2.45, 2.75) is 19.8 Å². The lowest BCUT2D eigenvalue weighted by Gasteiger charge is -2.30. The van der Waals surface area contributed by atoms with Gasteiger partial charge in [-0.05, 0) is 49.6 Å². The Labute approximate surface area is 156 Å². The molecule has 0 unspecified atom stereocenters. The van der Waals surface area contributed by atoms with Crippen molar-refractivity contribution in [1.29, 1.82) is 0 Å². The molecule has 0 spiro atoms. The highest BCUT2D eigenvalue weighted by atomic mass is 16.2. The highest BCUT2D eigenvalue weighted by molar-refractivity contribution is 5.95. The van der Waals surface area contributed by atoms with Gasteiger partial charge in [0.2, 0.25) is 5.91 Å². The molecule has 2 N–H and O–H groups in total. The van der Waals surface area contributed by atoms with Gasteiger partial charge in [0.1, 0.15) is 5.52 Å². The van der Waals surface area contributed by atoms with E-state index in [1.807, 2.05) is 37.3 Å². The molecule has 8 nitrogen and oxygen atoms in total. The summed E-state index contributed by atoms with van der Waals surface area (Å²) in [6.45, 7) is 3.02. The lowest BCUT2D eigenvalue weighted by atomic mass is 9.95. The number of benzene rings is 1. The molecule has 2 aromatic heterocycles. The van der Waals surface area contributed by atoms with Crippen LogP contribution < -0.4 is 5.73 Å². The monoisotopic (exact) mass is 364 g/mol. The van der Waals surface area contributed by atoms with Crippen molar-refractivity contribution in [2.24, 2.45) is 11.7 Å². The number of piperidine rings is 1. The van der Waals surface area contributed by atoms with Gasteiger partial charge in [-0.3, -0.25) is 9.59 Å². The second kappa shape index (κ2) is 6.79. The first-order valence-electron chi connectivity index (χ1n) is 8.90. The van der Waals surface area contributed by atoms with Crippen LogP contribution in [0.1, 0.15) is 28.8 Å². The maximum absolute atomic E-state index is 12.9. The molecule has 8 heteroatoms. The number of nitrogens with zero attached hydrogens (tertiary/aromatic N) is 5. The number of aryl methyl sites for hydroxylation is 1. The number of hydrogen-bond acceptors (Lipinski definition) is 5. The Kier molecular flexibility index (Phi) is 4.31. The Morgan fingerprint density at radius 3 is 2.70 bits per heavy atom. The van der Waals surface area contributed by atoms with Gasteiger partial charge in [-0.1, -0.05) is 11.3 Å². The molecule has 0 radical (unpaired) electrons. The fourth-order valence-electron chi connectivity index (χ4n) is 3.45. The van der Waals surface area contributed by atoms with Gasteiger partial charge in [-0.2, -0.15) is 4.68 Å². The number of aromatic nitrogens is 4. The van der Waals surface area contributed by atoms with Crippen LogP contribution in [0.5, 0.6) is 0 Å². The molecule has 0 aliphatic carbocycles. The van der Waals surface area contributed by atoms with Crippen molar-refractivity contribution in [2.75, 3.05) is 13.1 Å². The number of hydrogen-bond donors (Lipinski definition) is 1. The van der Waals surface area contributed by atoms with E-state index in [1.54, 1.807) is 15.8 Å². The van der Waals surface area contributed by atoms with Gasteiger partial charge in [0.15, 0.2) is 5.65 Å². The van der Waals surface area contributed by atoms with Gasteiger partial charge in [-0.25, -0.2) is 4.98 Å². The Hall–Kier alpha value is -3.29. The standard InChI is InChI=1S/C19H20N6O2/c1-12-4-5-14(19(27)24-9-6-13(7-10-24)17(20)26)11-16(12)25-18-15(22-23-25)3-2-8-21-18/h2-5,8,11,13H,6-7,9-10H2,1H3,(H2,20,26). The van der Waals surface area contributed by atoms with E-state index in [4.69, 9.17) is 5.73 Å². The number of nitrogens with two attached hydrogens (primary N) is 1. The van der Waals surface area contributed by atoms with Gasteiger partial charge in [0.25, 0.3) is 5.91 Å². The van der Waals surface area contributed by atoms with Crippen LogP contribution in [0.15, 0.2) is 36.5 Å². The predicted octanol–water partition coefficient (Wildman–Crippen LogP) is 1.46. The van der Waals surface area contributed by atoms with E-state index in [1.165, 1.54) is 0 Å². The van der Waals surface area contributed by atoms with Gasteiger partial charge >= 0.3 is 0 Å². The number of likely N-dealkylation sites (tertiary alicyclic amines) is 1. The van der Waals surface area contributed by atoms with E-state index in [9.17, 15) is 9.59 Å². The van der Waals surface area contributed by atoms with Crippen molar-refractivity contribution in [3.8, 4) is 5.69 Å². The van der Waals surface area contributed by atoms with Crippen molar-refractivity contribution in [1.82, 2.24) is 24.9 Å². The molecule has 0 atom stereocenters. The number of carbonyl (C=O) groups is 2. The molecule has 2 amide bonds. The predicted molar refractivity (Wildman–Crippen MR) is 99.2 cm³/mol. The Balaban J connectivity index is 1.63. The van der Waals surface area contributed by atoms with Crippen LogP contribution in [-0.4, -0.2) is 49.8 Å². The number of pyridine rings is 1. The zero-order valence-electron chi connectivity index (χ0n) is 15.0. The van der Waals surface area contributed by atoms with E-state index in [0.29, 0.717) is 42.7 Å². The summed E-state index contributed by atoms with van der Waals surface area (Å²) in [6, 6.07) is 9.19. The molecule has 1 saturated heterocycles. The van der Waals surface area contributed by atoms with Crippen LogP contribution in [0, 0.1) is 12.8 Å². The van der Waals surface area contributed by atoms with Gasteiger partial charge in [0, 0.05) is 30.8 Å². The van der Waals surface area contributed by atoms with E-state index in [0.717, 1.165) is 11.3 Å². The summed E-state index contributed by atoms with van der Waals surface area (Å²) in [4.78, 5) is 30.4. The van der Waals surface area contributed by atoms with Gasteiger partial charge < -0.3 is 10.6 Å². The molecular weight excluding hydrogens is 344 g/mol. The van der Waals surface area contributed by atoms with Gasteiger partial charge in [-0.15, -0.1) is 5.10 Å². The maximum Gasteiger partial charge on any atom is 0.253 e. The summed E-state index contributed by atoms with van der Waals surface area (Å²) < 4.78 is 1.65. The number of primary amides is 1. The Morgan fingerprint density at radius 1 is 1.19 bits per heavy atom. The minimum Gasteiger partial charge on any atom is -0.369 e. The summed E-state index contributed by atoms with van der Waals surface area (Å²) >= 11 is 0. The first-order chi connectivity index (χ1) is 13.0. The minimum absolute atomic E-state index is 0.0587. The van der Waals surface area contributed by atoms with Crippen LogP contribution in [0.3, 0.4) is 0 Å². The third kappa shape index (κ3) is 3.14. The van der Waals surface area contributed by atoms with Crippen molar-refractivity contribution in [3.05, 3.63) is 47.7 Å². The normalized spacial score (nSPS) is 15.2. The van der Waals surface area contributed by atoms with E-state index in [2.05, 4.69) is 15.3 Å². The third-order valence-corrected chi connectivity index (χ3v) is 5.08. The molecule has 138 valence electrons. The number of amides is 2. The number of rotatable bonds is 3. The number of fused-ring (bicyclic) bond motifs is 1. The molecule has 1 fully saturated rings. The second-order valence-electron chi connectivity index (χ2n) is 6.82. The summed E-state index contributed by atoms with van der Waals surface area (Å²) in [5, 5.41) is 8.33. The molecular formula is C19H20N6O2. The van der Waals surface area contributed by atoms with Crippen molar-refractivity contribution < 1.29 is 9.59 Å². The van der Waals surface area contributed by atoms with Crippen LogP contribution >= 0.6 is 0 Å². The average molecular weight is 364 g/mol. The molecule has 3 heterocycles. The summed E-state index contributed by atoms with van der Waals surface area (Å²) in [6.07, 6.45) is 2.91. The fourth-order valence-corrected chi connectivity index (χ4v) is 3.45. The third-order valence-electron chi connectivity index (χ3n) is 5.08. The quantitative estimate of drug-likeness (QED) is 0.757. The van der Waals surface area contributed by atoms with Crippen molar-refractivity contribution in [3.63, 3.8) is 0 Å². The highest BCUT2D eigenvalue weighted by Gasteiger charge is 2.26.